The van der Waals surface area contributed by atoms with Gasteiger partial charge in [0.25, 0.3) is 0 Å². The molecule has 2 heterocycles. The van der Waals surface area contributed by atoms with Crippen LogP contribution in [0.5, 0.6) is 0 Å². The molecular formula is C13H25N5O. The smallest absolute Gasteiger partial charge is 0.220 e. The number of allylic oxidation sites excluding steroid dienone is 1. The molecule has 1 saturated heterocycles. The van der Waals surface area contributed by atoms with Crippen LogP contribution >= 0.6 is 0 Å². The van der Waals surface area contributed by atoms with Gasteiger partial charge in [-0.15, -0.1) is 0 Å². The van der Waals surface area contributed by atoms with Gasteiger partial charge in [0, 0.05) is 24.9 Å². The van der Waals surface area contributed by atoms with Gasteiger partial charge in [0.15, 0.2) is 0 Å². The summed E-state index contributed by atoms with van der Waals surface area (Å²) in [4.78, 5) is 14.1. The van der Waals surface area contributed by atoms with Gasteiger partial charge in [-0.2, -0.15) is 5.53 Å². The Morgan fingerprint density at radius 2 is 2.26 bits per heavy atom. The molecule has 2 aliphatic rings. The molecule has 0 aliphatic carbocycles. The van der Waals surface area contributed by atoms with Crippen molar-refractivity contribution in [1.82, 2.24) is 26.6 Å². The lowest BCUT2D eigenvalue weighted by Gasteiger charge is -2.28. The number of carbonyl (C=O) groups excluding carboxylic acids is 1. The summed E-state index contributed by atoms with van der Waals surface area (Å²) < 4.78 is 0. The van der Waals surface area contributed by atoms with Gasteiger partial charge in [-0.25, -0.2) is 0 Å². The first kappa shape index (κ1) is 14.1. The van der Waals surface area contributed by atoms with E-state index in [0.29, 0.717) is 12.3 Å². The zero-order chi connectivity index (χ0) is 13.5. The van der Waals surface area contributed by atoms with E-state index in [2.05, 4.69) is 33.7 Å². The second-order valence-corrected chi connectivity index (χ2v) is 5.47. The van der Waals surface area contributed by atoms with Gasteiger partial charge in [-0.1, -0.05) is 0 Å². The Hall–Kier alpha value is -1.27. The van der Waals surface area contributed by atoms with E-state index in [1.54, 1.807) is 0 Å². The second kappa shape index (κ2) is 7.35. The normalized spacial score (nSPS) is 20.6. The standard InChI is InChI=1S/C13H25N5O/c1-18-7-5-11(6-8-18)9-14-13(19)4-2-3-12-10-15-17-16-12/h10-11,15-17H,2-9H2,1H3,(H,14,19). The van der Waals surface area contributed by atoms with E-state index in [9.17, 15) is 4.79 Å². The number of carbonyl (C=O) groups is 1. The van der Waals surface area contributed by atoms with E-state index in [1.165, 1.54) is 12.8 Å². The van der Waals surface area contributed by atoms with Crippen LogP contribution in [0.4, 0.5) is 0 Å². The highest BCUT2D eigenvalue weighted by molar-refractivity contribution is 5.75. The molecule has 0 aromatic carbocycles. The molecule has 6 nitrogen and oxygen atoms in total. The van der Waals surface area contributed by atoms with Crippen molar-refractivity contribution < 1.29 is 4.79 Å². The molecule has 19 heavy (non-hydrogen) atoms. The van der Waals surface area contributed by atoms with Crippen molar-refractivity contribution >= 4 is 5.91 Å². The third kappa shape index (κ3) is 5.08. The van der Waals surface area contributed by atoms with E-state index in [-0.39, 0.29) is 5.91 Å². The average Bonchev–Trinajstić information content (AvgIpc) is 2.91. The van der Waals surface area contributed by atoms with Crippen LogP contribution in [-0.2, 0) is 4.79 Å². The number of nitrogens with zero attached hydrogens (tertiary/aromatic N) is 1. The zero-order valence-electron chi connectivity index (χ0n) is 11.7. The monoisotopic (exact) mass is 267 g/mol. The Bertz CT molecular complexity index is 323. The minimum absolute atomic E-state index is 0.179. The number of rotatable bonds is 6. The lowest BCUT2D eigenvalue weighted by Crippen LogP contribution is -2.36. The van der Waals surface area contributed by atoms with Crippen LogP contribution in [-0.4, -0.2) is 37.5 Å². The highest BCUT2D eigenvalue weighted by Gasteiger charge is 2.17. The van der Waals surface area contributed by atoms with Crippen molar-refractivity contribution in [2.75, 3.05) is 26.7 Å². The van der Waals surface area contributed by atoms with Crippen LogP contribution in [0.15, 0.2) is 11.9 Å². The molecule has 0 radical (unpaired) electrons. The van der Waals surface area contributed by atoms with Crippen molar-refractivity contribution in [3.05, 3.63) is 11.9 Å². The molecular weight excluding hydrogens is 242 g/mol. The van der Waals surface area contributed by atoms with Crippen LogP contribution in [0.2, 0.25) is 0 Å². The number of likely N-dealkylation sites (tertiary alicyclic amines) is 1. The highest BCUT2D eigenvalue weighted by atomic mass is 16.1. The fourth-order valence-electron chi connectivity index (χ4n) is 2.46. The van der Waals surface area contributed by atoms with Crippen LogP contribution in [0.1, 0.15) is 32.1 Å². The quantitative estimate of drug-likeness (QED) is 0.548. The maximum atomic E-state index is 11.7. The van der Waals surface area contributed by atoms with Crippen molar-refractivity contribution in [1.29, 1.82) is 0 Å². The SMILES string of the molecule is CN1CCC(CNC(=O)CCCC2=CNNN2)CC1. The lowest BCUT2D eigenvalue weighted by atomic mass is 9.97. The van der Waals surface area contributed by atoms with Gasteiger partial charge in [-0.05, 0) is 51.7 Å². The lowest BCUT2D eigenvalue weighted by molar-refractivity contribution is -0.121. The summed E-state index contributed by atoms with van der Waals surface area (Å²) in [5.74, 6) is 0.839. The number of amides is 1. The minimum Gasteiger partial charge on any atom is -0.356 e. The predicted octanol–water partition coefficient (Wildman–Crippen LogP) is 0.0685. The largest absolute Gasteiger partial charge is 0.356 e. The van der Waals surface area contributed by atoms with Gasteiger partial charge >= 0.3 is 0 Å². The second-order valence-electron chi connectivity index (χ2n) is 5.47. The molecule has 4 N–H and O–H groups in total. The fraction of sp³-hybridized carbons (Fsp3) is 0.769. The molecule has 0 unspecified atom stereocenters. The van der Waals surface area contributed by atoms with E-state index in [4.69, 9.17) is 0 Å². The molecule has 1 amide bonds. The summed E-state index contributed by atoms with van der Waals surface area (Å²) in [6.07, 6.45) is 6.65. The van der Waals surface area contributed by atoms with Gasteiger partial charge in [-0.3, -0.25) is 4.79 Å². The summed E-state index contributed by atoms with van der Waals surface area (Å²) in [5.41, 5.74) is 9.72. The summed E-state index contributed by atoms with van der Waals surface area (Å²) in [5, 5.41) is 3.06. The molecule has 0 bridgehead atoms. The van der Waals surface area contributed by atoms with Crippen LogP contribution in [0.3, 0.4) is 0 Å². The van der Waals surface area contributed by atoms with Crippen LogP contribution < -0.4 is 21.7 Å². The zero-order valence-corrected chi connectivity index (χ0v) is 11.7. The summed E-state index contributed by atoms with van der Waals surface area (Å²) in [7, 11) is 2.16. The first-order chi connectivity index (χ1) is 9.24. The number of hydrogen-bond donors (Lipinski definition) is 4. The number of hydrogen-bond acceptors (Lipinski definition) is 5. The number of piperidine rings is 1. The van der Waals surface area contributed by atoms with Crippen molar-refractivity contribution in [2.45, 2.75) is 32.1 Å². The average molecular weight is 267 g/mol. The number of nitrogens with one attached hydrogen (secondary N) is 4. The molecule has 2 rings (SSSR count). The Morgan fingerprint density at radius 3 is 2.95 bits per heavy atom. The summed E-state index contributed by atoms with van der Waals surface area (Å²) in [6.45, 7) is 3.15. The van der Waals surface area contributed by atoms with Gasteiger partial charge in [0.1, 0.15) is 0 Å². The maximum Gasteiger partial charge on any atom is 0.220 e. The third-order valence-electron chi connectivity index (χ3n) is 3.82. The molecule has 0 saturated carbocycles. The van der Waals surface area contributed by atoms with Crippen molar-refractivity contribution in [3.8, 4) is 0 Å². The van der Waals surface area contributed by atoms with E-state index >= 15 is 0 Å². The molecule has 0 aromatic rings. The van der Waals surface area contributed by atoms with Crippen molar-refractivity contribution in [2.24, 2.45) is 5.92 Å². The van der Waals surface area contributed by atoms with Gasteiger partial charge in [0.05, 0.1) is 0 Å². The molecule has 6 heteroatoms. The van der Waals surface area contributed by atoms with Gasteiger partial charge < -0.3 is 21.1 Å². The number of hydrazine groups is 2. The Labute approximate surface area is 114 Å². The predicted molar refractivity (Wildman–Crippen MR) is 74.6 cm³/mol. The topological polar surface area (TPSA) is 68.4 Å². The molecule has 0 spiro atoms. The molecule has 0 atom stereocenters. The first-order valence-electron chi connectivity index (χ1n) is 7.15. The fourth-order valence-corrected chi connectivity index (χ4v) is 2.46. The third-order valence-corrected chi connectivity index (χ3v) is 3.82. The summed E-state index contributed by atoms with van der Waals surface area (Å²) in [6, 6.07) is 0. The molecule has 108 valence electrons. The molecule has 1 fully saturated rings. The Kier molecular flexibility index (Phi) is 5.47. The Morgan fingerprint density at radius 1 is 1.47 bits per heavy atom. The van der Waals surface area contributed by atoms with Gasteiger partial charge in [0.2, 0.25) is 5.91 Å². The first-order valence-corrected chi connectivity index (χ1v) is 7.15. The highest BCUT2D eigenvalue weighted by Crippen LogP contribution is 2.14. The Balaban J connectivity index is 1.52. The maximum absolute atomic E-state index is 11.7. The van der Waals surface area contributed by atoms with E-state index in [0.717, 1.165) is 38.2 Å². The molecule has 2 aliphatic heterocycles. The van der Waals surface area contributed by atoms with Crippen LogP contribution in [0.25, 0.3) is 0 Å². The van der Waals surface area contributed by atoms with E-state index in [1.807, 2.05) is 6.20 Å². The van der Waals surface area contributed by atoms with Crippen LogP contribution in [0, 0.1) is 5.92 Å². The van der Waals surface area contributed by atoms with E-state index < -0.39 is 0 Å². The summed E-state index contributed by atoms with van der Waals surface area (Å²) >= 11 is 0. The minimum atomic E-state index is 0.179. The molecule has 0 aromatic heterocycles. The van der Waals surface area contributed by atoms with Crippen molar-refractivity contribution in [3.63, 3.8) is 0 Å².